The molecule has 1 aromatic heterocycles. The van der Waals surface area contributed by atoms with Crippen molar-refractivity contribution in [2.24, 2.45) is 5.73 Å². The fourth-order valence-electron chi connectivity index (χ4n) is 1.97. The summed E-state index contributed by atoms with van der Waals surface area (Å²) in [5, 5.41) is 9.39. The number of carbonyl (C=O) groups excluding carboxylic acids is 2. The lowest BCUT2D eigenvalue weighted by Crippen LogP contribution is -2.43. The Bertz CT molecular complexity index is 496. The maximum atomic E-state index is 12.1. The second-order valence-corrected chi connectivity index (χ2v) is 5.31. The predicted molar refractivity (Wildman–Crippen MR) is 76.7 cm³/mol. The van der Waals surface area contributed by atoms with Crippen LogP contribution in [0.2, 0.25) is 0 Å². The number of hydrogen-bond donors (Lipinski definition) is 3. The van der Waals surface area contributed by atoms with E-state index in [0.717, 1.165) is 18.6 Å². The van der Waals surface area contributed by atoms with Crippen LogP contribution in [0, 0.1) is 0 Å². The van der Waals surface area contributed by atoms with E-state index >= 15 is 0 Å². The lowest BCUT2D eigenvalue weighted by molar-refractivity contribution is -0.121. The number of nitrogens with two attached hydrogens (primary N) is 1. The van der Waals surface area contributed by atoms with E-state index in [1.165, 1.54) is 0 Å². The molecule has 4 N–H and O–H groups in total. The Kier molecular flexibility index (Phi) is 5.32. The largest absolute Gasteiger partial charge is 0.360 e. The molecule has 1 aliphatic carbocycles. The Balaban J connectivity index is 1.82. The van der Waals surface area contributed by atoms with Crippen LogP contribution in [-0.2, 0) is 4.79 Å². The van der Waals surface area contributed by atoms with E-state index in [1.54, 1.807) is 6.07 Å². The first-order valence-electron chi connectivity index (χ1n) is 7.38. The molecule has 1 aromatic rings. The van der Waals surface area contributed by atoms with Crippen molar-refractivity contribution >= 4 is 11.8 Å². The fraction of sp³-hybridized carbons (Fsp3) is 0.643. The summed E-state index contributed by atoms with van der Waals surface area (Å²) in [4.78, 5) is 23.4. The van der Waals surface area contributed by atoms with Gasteiger partial charge in [-0.25, -0.2) is 0 Å². The minimum Gasteiger partial charge on any atom is -0.360 e. The molecule has 2 amide bonds. The van der Waals surface area contributed by atoms with Gasteiger partial charge in [0.25, 0.3) is 5.91 Å². The summed E-state index contributed by atoms with van der Waals surface area (Å²) in [5.41, 5.74) is 5.60. The summed E-state index contributed by atoms with van der Waals surface area (Å²) in [5.74, 6) is 0.828. The van der Waals surface area contributed by atoms with E-state index in [1.807, 2.05) is 6.92 Å². The third-order valence-electron chi connectivity index (χ3n) is 3.49. The van der Waals surface area contributed by atoms with Gasteiger partial charge in [0, 0.05) is 37.5 Å². The van der Waals surface area contributed by atoms with Crippen molar-refractivity contribution in [2.45, 2.75) is 44.6 Å². The highest BCUT2D eigenvalue weighted by molar-refractivity contribution is 5.92. The highest BCUT2D eigenvalue weighted by Crippen LogP contribution is 2.40. The Morgan fingerprint density at radius 1 is 1.52 bits per heavy atom. The van der Waals surface area contributed by atoms with Crippen molar-refractivity contribution in [1.82, 2.24) is 15.8 Å². The Labute approximate surface area is 123 Å². The molecule has 0 radical (unpaired) electrons. The molecule has 1 unspecified atom stereocenters. The van der Waals surface area contributed by atoms with Gasteiger partial charge in [-0.15, -0.1) is 0 Å². The molecule has 0 aromatic carbocycles. The van der Waals surface area contributed by atoms with Gasteiger partial charge in [0.05, 0.1) is 0 Å². The molecule has 0 bridgehead atoms. The molecule has 7 heteroatoms. The van der Waals surface area contributed by atoms with Crippen molar-refractivity contribution in [2.75, 3.05) is 13.1 Å². The summed E-state index contributed by atoms with van der Waals surface area (Å²) < 4.78 is 5.16. The molecule has 0 saturated heterocycles. The number of nitrogens with zero attached hydrogens (tertiary/aromatic N) is 1. The predicted octanol–water partition coefficient (Wildman–Crippen LogP) is 0.525. The molecule has 1 saturated carbocycles. The summed E-state index contributed by atoms with van der Waals surface area (Å²) >= 11 is 0. The van der Waals surface area contributed by atoms with Gasteiger partial charge in [-0.3, -0.25) is 9.59 Å². The van der Waals surface area contributed by atoms with Crippen molar-refractivity contribution in [1.29, 1.82) is 0 Å². The molecule has 0 aliphatic heterocycles. The van der Waals surface area contributed by atoms with Crippen LogP contribution in [0.25, 0.3) is 0 Å². The van der Waals surface area contributed by atoms with Crippen LogP contribution in [0.5, 0.6) is 0 Å². The summed E-state index contributed by atoms with van der Waals surface area (Å²) in [6.45, 7) is 2.64. The molecule has 1 aliphatic rings. The fourth-order valence-corrected chi connectivity index (χ4v) is 1.97. The molecule has 0 spiro atoms. The minimum atomic E-state index is -0.273. The highest BCUT2D eigenvalue weighted by atomic mass is 16.5. The lowest BCUT2D eigenvalue weighted by atomic mass is 10.2. The van der Waals surface area contributed by atoms with Gasteiger partial charge in [-0.05, 0) is 19.3 Å². The summed E-state index contributed by atoms with van der Waals surface area (Å²) in [7, 11) is 0. The second-order valence-electron chi connectivity index (χ2n) is 5.31. The van der Waals surface area contributed by atoms with Gasteiger partial charge in [0.1, 0.15) is 5.76 Å². The Morgan fingerprint density at radius 3 is 2.90 bits per heavy atom. The first kappa shape index (κ1) is 15.5. The number of nitrogens with one attached hydrogen (secondary N) is 2. The molecule has 2 rings (SSSR count). The van der Waals surface area contributed by atoms with Crippen LogP contribution >= 0.6 is 0 Å². The van der Waals surface area contributed by atoms with E-state index in [4.69, 9.17) is 10.3 Å². The van der Waals surface area contributed by atoms with E-state index in [0.29, 0.717) is 37.5 Å². The second kappa shape index (κ2) is 7.21. The van der Waals surface area contributed by atoms with Crippen molar-refractivity contribution in [3.63, 3.8) is 0 Å². The van der Waals surface area contributed by atoms with Gasteiger partial charge in [-0.1, -0.05) is 12.1 Å². The van der Waals surface area contributed by atoms with Crippen molar-refractivity contribution in [3.05, 3.63) is 17.5 Å². The first-order valence-corrected chi connectivity index (χ1v) is 7.38. The number of rotatable bonds is 8. The van der Waals surface area contributed by atoms with Crippen LogP contribution in [0.3, 0.4) is 0 Å². The van der Waals surface area contributed by atoms with Gasteiger partial charge >= 0.3 is 0 Å². The minimum absolute atomic E-state index is 0.109. The summed E-state index contributed by atoms with van der Waals surface area (Å²) in [6.07, 6.45) is 3.20. The Hall–Kier alpha value is -1.89. The molecular formula is C14H22N4O3. The maximum absolute atomic E-state index is 12.1. The summed E-state index contributed by atoms with van der Waals surface area (Å²) in [6, 6.07) is 1.56. The normalized spacial score (nSPS) is 15.5. The van der Waals surface area contributed by atoms with Gasteiger partial charge in [0.15, 0.2) is 5.69 Å². The highest BCUT2D eigenvalue weighted by Gasteiger charge is 2.29. The van der Waals surface area contributed by atoms with Crippen LogP contribution < -0.4 is 16.4 Å². The van der Waals surface area contributed by atoms with E-state index in [2.05, 4.69) is 15.8 Å². The quantitative estimate of drug-likeness (QED) is 0.647. The standard InChI is InChI=1S/C14H22N4O3/c1-2-10(8-16-13(19)5-6-15)17-14(20)11-7-12(21-18-11)9-3-4-9/h7,9-10H,2-6,8,15H2,1H3,(H,16,19)(H,17,20). The number of carbonyl (C=O) groups is 2. The first-order chi connectivity index (χ1) is 10.1. The average molecular weight is 294 g/mol. The maximum Gasteiger partial charge on any atom is 0.273 e. The van der Waals surface area contributed by atoms with Gasteiger partial charge < -0.3 is 20.9 Å². The average Bonchev–Trinajstić information content (AvgIpc) is 3.20. The van der Waals surface area contributed by atoms with Gasteiger partial charge in [0.2, 0.25) is 5.91 Å². The monoisotopic (exact) mass is 294 g/mol. The third-order valence-corrected chi connectivity index (χ3v) is 3.49. The van der Waals surface area contributed by atoms with Crippen LogP contribution in [-0.4, -0.2) is 36.1 Å². The molecule has 21 heavy (non-hydrogen) atoms. The number of hydrogen-bond acceptors (Lipinski definition) is 5. The third kappa shape index (κ3) is 4.56. The molecule has 1 heterocycles. The van der Waals surface area contributed by atoms with E-state index in [9.17, 15) is 9.59 Å². The van der Waals surface area contributed by atoms with Crippen LogP contribution in [0.15, 0.2) is 10.6 Å². The smallest absolute Gasteiger partial charge is 0.273 e. The number of aromatic nitrogens is 1. The molecular weight excluding hydrogens is 272 g/mol. The topological polar surface area (TPSA) is 110 Å². The zero-order valence-electron chi connectivity index (χ0n) is 12.2. The van der Waals surface area contributed by atoms with Crippen LogP contribution in [0.4, 0.5) is 0 Å². The van der Waals surface area contributed by atoms with Crippen molar-refractivity contribution in [3.8, 4) is 0 Å². The SMILES string of the molecule is CCC(CNC(=O)CCN)NC(=O)c1cc(C2CC2)on1. The van der Waals surface area contributed by atoms with Gasteiger partial charge in [-0.2, -0.15) is 0 Å². The van der Waals surface area contributed by atoms with E-state index in [-0.39, 0.29) is 17.9 Å². The zero-order chi connectivity index (χ0) is 15.2. The lowest BCUT2D eigenvalue weighted by Gasteiger charge is -2.16. The Morgan fingerprint density at radius 2 is 2.29 bits per heavy atom. The van der Waals surface area contributed by atoms with E-state index < -0.39 is 0 Å². The zero-order valence-corrected chi connectivity index (χ0v) is 12.2. The molecule has 1 fully saturated rings. The molecule has 7 nitrogen and oxygen atoms in total. The number of amides is 2. The van der Waals surface area contributed by atoms with Crippen LogP contribution in [0.1, 0.15) is 54.8 Å². The molecule has 116 valence electrons. The van der Waals surface area contributed by atoms with Crippen molar-refractivity contribution < 1.29 is 14.1 Å². The molecule has 1 atom stereocenters.